The Kier molecular flexibility index (Phi) is 5.73. The number of hydrogen-bond acceptors (Lipinski definition) is 3. The molecule has 1 fully saturated rings. The Morgan fingerprint density at radius 3 is 2.49 bits per heavy atom. The highest BCUT2D eigenvalue weighted by Gasteiger charge is 2.41. The van der Waals surface area contributed by atoms with Crippen molar-refractivity contribution in [2.24, 2.45) is 7.05 Å². The first-order valence-corrected chi connectivity index (χ1v) is 11.7. The molecule has 1 aromatic heterocycles. The highest BCUT2D eigenvalue weighted by atomic mass is 19.4. The van der Waals surface area contributed by atoms with E-state index in [0.29, 0.717) is 18.9 Å². The van der Waals surface area contributed by atoms with Gasteiger partial charge in [0.2, 0.25) is 0 Å². The molecule has 3 heterocycles. The summed E-state index contributed by atoms with van der Waals surface area (Å²) in [5.74, 6) is 0.426. The van der Waals surface area contributed by atoms with E-state index in [-0.39, 0.29) is 24.2 Å². The van der Waals surface area contributed by atoms with E-state index in [2.05, 4.69) is 36.0 Å². The number of rotatable bonds is 4. The number of urea groups is 1. The number of fused-ring (bicyclic) bond motifs is 1. The maximum Gasteiger partial charge on any atom is 0.416 e. The van der Waals surface area contributed by atoms with Gasteiger partial charge < -0.3 is 9.80 Å². The molecule has 0 spiro atoms. The van der Waals surface area contributed by atoms with Gasteiger partial charge in [-0.15, -0.1) is 0 Å². The van der Waals surface area contributed by atoms with Crippen molar-refractivity contribution in [2.75, 3.05) is 22.9 Å². The highest BCUT2D eigenvalue weighted by molar-refractivity contribution is 5.94. The lowest BCUT2D eigenvalue weighted by atomic mass is 10.1. The lowest BCUT2D eigenvalue weighted by molar-refractivity contribution is -0.138. The minimum Gasteiger partial charge on any atom is -0.369 e. The first kappa shape index (κ1) is 23.3. The minimum atomic E-state index is -4.50. The van der Waals surface area contributed by atoms with E-state index < -0.39 is 11.7 Å². The van der Waals surface area contributed by atoms with Gasteiger partial charge in [-0.3, -0.25) is 9.58 Å². The Balaban J connectivity index is 1.45. The van der Waals surface area contributed by atoms with Crippen molar-refractivity contribution in [3.63, 3.8) is 0 Å². The van der Waals surface area contributed by atoms with Crippen molar-refractivity contribution >= 4 is 17.5 Å². The topological polar surface area (TPSA) is 44.6 Å². The number of anilines is 2. The minimum absolute atomic E-state index is 0.0461. The van der Waals surface area contributed by atoms with Crippen LogP contribution >= 0.6 is 0 Å². The maximum absolute atomic E-state index is 13.7. The summed E-state index contributed by atoms with van der Waals surface area (Å²) in [4.78, 5) is 19.2. The smallest absolute Gasteiger partial charge is 0.369 e. The highest BCUT2D eigenvalue weighted by Crippen LogP contribution is 2.37. The van der Waals surface area contributed by atoms with Crippen molar-refractivity contribution in [1.29, 1.82) is 0 Å². The Bertz CT molecular complexity index is 1250. The second kappa shape index (κ2) is 8.62. The summed E-state index contributed by atoms with van der Waals surface area (Å²) >= 11 is 0. The van der Waals surface area contributed by atoms with Crippen LogP contribution in [-0.2, 0) is 26.3 Å². The van der Waals surface area contributed by atoms with Gasteiger partial charge in [0.25, 0.3) is 0 Å². The number of aromatic nitrogens is 2. The number of nitrogens with zero attached hydrogens (tertiary/aromatic N) is 5. The molecule has 35 heavy (non-hydrogen) atoms. The van der Waals surface area contributed by atoms with Crippen molar-refractivity contribution in [2.45, 2.75) is 45.6 Å². The van der Waals surface area contributed by atoms with Crippen molar-refractivity contribution in [3.8, 4) is 0 Å². The molecule has 2 aliphatic heterocycles. The van der Waals surface area contributed by atoms with Gasteiger partial charge in [0, 0.05) is 37.6 Å². The summed E-state index contributed by atoms with van der Waals surface area (Å²) in [6.07, 6.45) is -1.86. The van der Waals surface area contributed by atoms with Crippen LogP contribution in [0.4, 0.5) is 29.5 Å². The van der Waals surface area contributed by atoms with Crippen LogP contribution in [0.25, 0.3) is 0 Å². The average Bonchev–Trinajstić information content (AvgIpc) is 3.41. The molecule has 2 aliphatic rings. The third-order valence-electron chi connectivity index (χ3n) is 6.97. The molecular weight excluding hydrogens is 455 g/mol. The van der Waals surface area contributed by atoms with Crippen LogP contribution in [0, 0.1) is 13.8 Å². The van der Waals surface area contributed by atoms with Gasteiger partial charge in [-0.1, -0.05) is 36.4 Å². The molecule has 0 radical (unpaired) electrons. The largest absolute Gasteiger partial charge is 0.416 e. The van der Waals surface area contributed by atoms with Crippen molar-refractivity contribution in [1.82, 2.24) is 14.7 Å². The van der Waals surface area contributed by atoms with E-state index in [1.165, 1.54) is 33.8 Å². The lowest BCUT2D eigenvalue weighted by Crippen LogP contribution is -2.52. The quantitative estimate of drug-likeness (QED) is 0.508. The predicted octanol–water partition coefficient (Wildman–Crippen LogP) is 5.28. The van der Waals surface area contributed by atoms with Crippen LogP contribution in [0.15, 0.2) is 48.7 Å². The second-order valence-electron chi connectivity index (χ2n) is 9.43. The molecular formula is C26H28F3N5O. The third kappa shape index (κ3) is 4.24. The van der Waals surface area contributed by atoms with E-state index in [9.17, 15) is 18.0 Å². The molecule has 0 aliphatic carbocycles. The van der Waals surface area contributed by atoms with Gasteiger partial charge >= 0.3 is 12.2 Å². The fourth-order valence-electron chi connectivity index (χ4n) is 5.40. The summed E-state index contributed by atoms with van der Waals surface area (Å²) in [5, 5.41) is 4.42. The van der Waals surface area contributed by atoms with Crippen LogP contribution in [-0.4, -0.2) is 39.8 Å². The van der Waals surface area contributed by atoms with Crippen LogP contribution in [0.2, 0.25) is 0 Å². The number of alkyl halides is 3. The molecule has 9 heteroatoms. The Morgan fingerprint density at radius 1 is 1.06 bits per heavy atom. The summed E-state index contributed by atoms with van der Waals surface area (Å²) in [6.45, 7) is 5.87. The van der Waals surface area contributed by atoms with Crippen LogP contribution in [0.3, 0.4) is 0 Å². The van der Waals surface area contributed by atoms with Gasteiger partial charge in [0.15, 0.2) is 5.82 Å². The van der Waals surface area contributed by atoms with Crippen LogP contribution < -0.4 is 9.80 Å². The van der Waals surface area contributed by atoms with E-state index in [1.54, 1.807) is 22.7 Å². The zero-order valence-electron chi connectivity index (χ0n) is 20.0. The average molecular weight is 484 g/mol. The first-order chi connectivity index (χ1) is 16.6. The number of para-hydroxylation sites is 1. The zero-order chi connectivity index (χ0) is 24.9. The molecule has 2 aromatic carbocycles. The van der Waals surface area contributed by atoms with E-state index in [1.807, 2.05) is 12.3 Å². The first-order valence-electron chi connectivity index (χ1n) is 11.7. The molecule has 1 saturated heterocycles. The third-order valence-corrected chi connectivity index (χ3v) is 6.97. The van der Waals surface area contributed by atoms with Gasteiger partial charge in [-0.25, -0.2) is 4.79 Å². The standard InChI is InChI=1S/C26H28F3N5O/c1-17-7-6-8-18(2)23(17)32-12-11-21(16-32)33-15-20-13-31(3)30-24(20)34(25(33)35)14-19-9-4-5-10-22(19)26(27,28)29/h4-10,13,21H,11-12,14-16H2,1-3H3/t21-/m1/s1. The number of carbonyl (C=O) groups is 1. The Labute approximate surface area is 202 Å². The Hall–Kier alpha value is -3.49. The molecule has 0 bridgehead atoms. The molecule has 0 N–H and O–H groups in total. The second-order valence-corrected chi connectivity index (χ2v) is 9.43. The summed E-state index contributed by atoms with van der Waals surface area (Å²) in [6, 6.07) is 11.3. The number of benzene rings is 2. The van der Waals surface area contributed by atoms with E-state index >= 15 is 0 Å². The monoisotopic (exact) mass is 483 g/mol. The van der Waals surface area contributed by atoms with Crippen LogP contribution in [0.5, 0.6) is 0 Å². The maximum atomic E-state index is 13.7. The Morgan fingerprint density at radius 2 is 1.77 bits per heavy atom. The molecule has 1 atom stereocenters. The molecule has 6 nitrogen and oxygen atoms in total. The fraction of sp³-hybridized carbons (Fsp3) is 0.385. The van der Waals surface area contributed by atoms with E-state index in [0.717, 1.165) is 24.6 Å². The molecule has 0 saturated carbocycles. The van der Waals surface area contributed by atoms with Gasteiger partial charge in [0.05, 0.1) is 24.7 Å². The van der Waals surface area contributed by atoms with Crippen molar-refractivity contribution < 1.29 is 18.0 Å². The summed E-state index contributed by atoms with van der Waals surface area (Å²) in [7, 11) is 1.76. The van der Waals surface area contributed by atoms with Gasteiger partial charge in [-0.2, -0.15) is 18.3 Å². The van der Waals surface area contributed by atoms with Crippen LogP contribution in [0.1, 0.15) is 34.2 Å². The number of carbonyl (C=O) groups excluding carboxylic acids is 1. The lowest BCUT2D eigenvalue weighted by Gasteiger charge is -2.38. The molecule has 0 unspecified atom stereocenters. The molecule has 5 rings (SSSR count). The number of amides is 2. The summed E-state index contributed by atoms with van der Waals surface area (Å²) < 4.78 is 42.6. The normalized spacial score (nSPS) is 18.4. The SMILES string of the molecule is Cc1cccc(C)c1N1CC[C@@H](N2Cc3cn(C)nc3N(Cc3ccccc3C(F)(F)F)C2=O)C1. The van der Waals surface area contributed by atoms with Crippen molar-refractivity contribution in [3.05, 3.63) is 76.5 Å². The predicted molar refractivity (Wildman–Crippen MR) is 128 cm³/mol. The number of hydrogen-bond donors (Lipinski definition) is 0. The van der Waals surface area contributed by atoms with E-state index in [4.69, 9.17) is 0 Å². The molecule has 3 aromatic rings. The molecule has 2 amide bonds. The number of aryl methyl sites for hydroxylation is 3. The fourth-order valence-corrected chi connectivity index (χ4v) is 5.40. The van der Waals surface area contributed by atoms with Gasteiger partial charge in [-0.05, 0) is 43.0 Å². The summed E-state index contributed by atoms with van der Waals surface area (Å²) in [5.41, 5.74) is 3.73. The molecule has 184 valence electrons. The number of halogens is 3. The zero-order valence-corrected chi connectivity index (χ0v) is 20.0. The van der Waals surface area contributed by atoms with Gasteiger partial charge in [0.1, 0.15) is 0 Å².